The van der Waals surface area contributed by atoms with Gasteiger partial charge in [0.1, 0.15) is 5.82 Å². The molecule has 3 nitrogen and oxygen atoms in total. The van der Waals surface area contributed by atoms with Crippen molar-refractivity contribution >= 4 is 17.6 Å². The fraction of sp³-hybridized carbons (Fsp3) is 0.125. The van der Waals surface area contributed by atoms with Gasteiger partial charge in [0.2, 0.25) is 0 Å². The van der Waals surface area contributed by atoms with Gasteiger partial charge >= 0.3 is 6.03 Å². The van der Waals surface area contributed by atoms with Gasteiger partial charge in [-0.05, 0) is 11.6 Å². The van der Waals surface area contributed by atoms with E-state index in [1.165, 1.54) is 12.1 Å². The highest BCUT2D eigenvalue weighted by molar-refractivity contribution is 6.31. The molecule has 1 rings (SSSR count). The summed E-state index contributed by atoms with van der Waals surface area (Å²) in [5.74, 6) is -0.509. The van der Waals surface area contributed by atoms with E-state index in [9.17, 15) is 9.18 Å². The Balaban J connectivity index is 2.77. The molecule has 0 spiro atoms. The molecule has 5 heteroatoms. The van der Waals surface area contributed by atoms with Gasteiger partial charge in [-0.2, -0.15) is 0 Å². The average Bonchev–Trinajstić information content (AvgIpc) is 2.07. The van der Waals surface area contributed by atoms with Gasteiger partial charge in [-0.25, -0.2) is 9.18 Å². The van der Waals surface area contributed by atoms with Crippen LogP contribution in [0.25, 0.3) is 0 Å². The lowest BCUT2D eigenvalue weighted by atomic mass is 10.2. The first-order valence-electron chi connectivity index (χ1n) is 3.57. The Morgan fingerprint density at radius 1 is 1.62 bits per heavy atom. The van der Waals surface area contributed by atoms with E-state index >= 15 is 0 Å². The number of urea groups is 1. The predicted octanol–water partition coefficient (Wildman–Crippen LogP) is 1.65. The third kappa shape index (κ3) is 2.59. The number of nitrogens with two attached hydrogens (primary N) is 1. The van der Waals surface area contributed by atoms with Crippen LogP contribution in [-0.4, -0.2) is 6.03 Å². The molecule has 0 heterocycles. The number of hydrogen-bond acceptors (Lipinski definition) is 1. The van der Waals surface area contributed by atoms with E-state index in [-0.39, 0.29) is 11.6 Å². The van der Waals surface area contributed by atoms with Gasteiger partial charge in [0, 0.05) is 6.54 Å². The fourth-order valence-electron chi connectivity index (χ4n) is 0.867. The first kappa shape index (κ1) is 9.80. The minimum atomic E-state index is -0.666. The minimum Gasteiger partial charge on any atom is -0.352 e. The van der Waals surface area contributed by atoms with Crippen molar-refractivity contribution in [3.63, 3.8) is 0 Å². The Hall–Kier alpha value is -1.29. The molecule has 0 saturated carbocycles. The van der Waals surface area contributed by atoms with Crippen LogP contribution in [0.2, 0.25) is 5.02 Å². The molecule has 70 valence electrons. The summed E-state index contributed by atoms with van der Waals surface area (Å²) in [7, 11) is 0. The number of carbonyl (C=O) groups excluding carboxylic acids is 1. The third-order valence-corrected chi connectivity index (χ3v) is 1.91. The fourth-order valence-corrected chi connectivity index (χ4v) is 1.06. The zero-order valence-electron chi connectivity index (χ0n) is 6.68. The van der Waals surface area contributed by atoms with Gasteiger partial charge in [0.05, 0.1) is 5.02 Å². The van der Waals surface area contributed by atoms with Crippen LogP contribution in [0.15, 0.2) is 18.2 Å². The van der Waals surface area contributed by atoms with Gasteiger partial charge in [-0.15, -0.1) is 0 Å². The predicted molar refractivity (Wildman–Crippen MR) is 47.8 cm³/mol. The second-order valence-corrected chi connectivity index (χ2v) is 2.81. The first-order chi connectivity index (χ1) is 6.11. The third-order valence-electron chi connectivity index (χ3n) is 1.48. The molecule has 0 saturated heterocycles. The van der Waals surface area contributed by atoms with Gasteiger partial charge in [-0.3, -0.25) is 0 Å². The van der Waals surface area contributed by atoms with Crippen LogP contribution in [0.3, 0.4) is 0 Å². The summed E-state index contributed by atoms with van der Waals surface area (Å²) < 4.78 is 12.8. The van der Waals surface area contributed by atoms with E-state index < -0.39 is 11.8 Å². The topological polar surface area (TPSA) is 55.1 Å². The second kappa shape index (κ2) is 4.09. The largest absolute Gasteiger partial charge is 0.352 e. The quantitative estimate of drug-likeness (QED) is 0.753. The van der Waals surface area contributed by atoms with Crippen LogP contribution in [0.4, 0.5) is 9.18 Å². The van der Waals surface area contributed by atoms with Crippen LogP contribution in [0, 0.1) is 5.82 Å². The maximum absolute atomic E-state index is 12.8. The van der Waals surface area contributed by atoms with E-state index in [1.807, 2.05) is 0 Å². The summed E-state index contributed by atoms with van der Waals surface area (Å²) in [4.78, 5) is 10.3. The van der Waals surface area contributed by atoms with Crippen molar-refractivity contribution in [2.45, 2.75) is 6.54 Å². The molecule has 3 N–H and O–H groups in total. The van der Waals surface area contributed by atoms with Gasteiger partial charge in [0.15, 0.2) is 0 Å². The Bertz CT molecular complexity index is 330. The molecule has 0 atom stereocenters. The lowest BCUT2D eigenvalue weighted by Crippen LogP contribution is -2.28. The highest BCUT2D eigenvalue weighted by Crippen LogP contribution is 2.18. The molecule has 0 unspecified atom stereocenters. The van der Waals surface area contributed by atoms with E-state index in [0.717, 1.165) is 0 Å². The Labute approximate surface area is 79.7 Å². The highest BCUT2D eigenvalue weighted by Gasteiger charge is 2.05. The van der Waals surface area contributed by atoms with Gasteiger partial charge < -0.3 is 11.1 Å². The van der Waals surface area contributed by atoms with Crippen LogP contribution in [0.1, 0.15) is 5.56 Å². The van der Waals surface area contributed by atoms with E-state index in [1.54, 1.807) is 6.07 Å². The normalized spacial score (nSPS) is 9.69. The lowest BCUT2D eigenvalue weighted by Gasteiger charge is -2.04. The number of amides is 2. The Morgan fingerprint density at radius 2 is 2.31 bits per heavy atom. The molecular formula is C8H8ClFN2O. The molecule has 1 aromatic rings. The lowest BCUT2D eigenvalue weighted by molar-refractivity contribution is 0.248. The zero-order chi connectivity index (χ0) is 9.84. The molecule has 0 aromatic heterocycles. The number of nitrogens with one attached hydrogen (secondary N) is 1. The molecule has 0 aliphatic carbocycles. The number of carbonyl (C=O) groups is 1. The standard InChI is InChI=1S/C8H8ClFN2O/c9-7-5(4-12-8(11)13)2-1-3-6(7)10/h1-3H,4H2,(H3,11,12,13). The number of benzene rings is 1. The van der Waals surface area contributed by atoms with Crippen molar-refractivity contribution in [3.05, 3.63) is 34.6 Å². The summed E-state index contributed by atoms with van der Waals surface area (Å²) in [5, 5.41) is 2.33. The molecule has 0 fully saturated rings. The van der Waals surface area contributed by atoms with Gasteiger partial charge in [0.25, 0.3) is 0 Å². The number of halogens is 2. The van der Waals surface area contributed by atoms with Crippen molar-refractivity contribution in [1.29, 1.82) is 0 Å². The van der Waals surface area contributed by atoms with Crippen LogP contribution in [0.5, 0.6) is 0 Å². The SMILES string of the molecule is NC(=O)NCc1cccc(F)c1Cl. The first-order valence-corrected chi connectivity index (χ1v) is 3.95. The zero-order valence-corrected chi connectivity index (χ0v) is 7.44. The maximum atomic E-state index is 12.8. The molecule has 2 amide bonds. The van der Waals surface area contributed by atoms with E-state index in [2.05, 4.69) is 5.32 Å². The van der Waals surface area contributed by atoms with Crippen molar-refractivity contribution in [2.75, 3.05) is 0 Å². The molecular weight excluding hydrogens is 195 g/mol. The smallest absolute Gasteiger partial charge is 0.312 e. The van der Waals surface area contributed by atoms with E-state index in [0.29, 0.717) is 5.56 Å². The highest BCUT2D eigenvalue weighted by atomic mass is 35.5. The monoisotopic (exact) mass is 202 g/mol. The summed E-state index contributed by atoms with van der Waals surface area (Å²) in [6.45, 7) is 0.131. The molecule has 0 bridgehead atoms. The second-order valence-electron chi connectivity index (χ2n) is 2.43. The summed E-state index contributed by atoms with van der Waals surface area (Å²) >= 11 is 5.61. The summed E-state index contributed by atoms with van der Waals surface area (Å²) in [6.07, 6.45) is 0. The van der Waals surface area contributed by atoms with Crippen molar-refractivity contribution in [3.8, 4) is 0 Å². The van der Waals surface area contributed by atoms with Crippen LogP contribution < -0.4 is 11.1 Å². The summed E-state index contributed by atoms with van der Waals surface area (Å²) in [5.41, 5.74) is 5.34. The Morgan fingerprint density at radius 3 is 2.92 bits per heavy atom. The van der Waals surface area contributed by atoms with Crippen molar-refractivity contribution in [1.82, 2.24) is 5.32 Å². The molecule has 1 aromatic carbocycles. The average molecular weight is 203 g/mol. The van der Waals surface area contributed by atoms with E-state index in [4.69, 9.17) is 17.3 Å². The van der Waals surface area contributed by atoms with Crippen molar-refractivity contribution < 1.29 is 9.18 Å². The molecule has 0 radical (unpaired) electrons. The number of hydrogen-bond donors (Lipinski definition) is 2. The molecule has 13 heavy (non-hydrogen) atoms. The molecule has 0 aliphatic heterocycles. The van der Waals surface area contributed by atoms with Crippen LogP contribution >= 0.6 is 11.6 Å². The maximum Gasteiger partial charge on any atom is 0.312 e. The minimum absolute atomic E-state index is 0.0104. The number of primary amides is 1. The Kier molecular flexibility index (Phi) is 3.08. The van der Waals surface area contributed by atoms with Gasteiger partial charge in [-0.1, -0.05) is 23.7 Å². The number of rotatable bonds is 2. The van der Waals surface area contributed by atoms with Crippen molar-refractivity contribution in [2.24, 2.45) is 5.73 Å². The molecule has 0 aliphatic rings. The summed E-state index contributed by atoms with van der Waals surface area (Å²) in [6, 6.07) is 3.71. The van der Waals surface area contributed by atoms with Crippen LogP contribution in [-0.2, 0) is 6.54 Å².